The van der Waals surface area contributed by atoms with Crippen molar-refractivity contribution in [2.75, 3.05) is 5.33 Å². The van der Waals surface area contributed by atoms with E-state index >= 15 is 0 Å². The minimum absolute atomic E-state index is 0.0670. The number of benzene rings is 2. The highest BCUT2D eigenvalue weighted by Crippen LogP contribution is 2.21. The Hall–Kier alpha value is -1.32. The van der Waals surface area contributed by atoms with Crippen LogP contribution in [-0.4, -0.2) is 11.1 Å². The van der Waals surface area contributed by atoms with Crippen molar-refractivity contribution in [1.29, 1.82) is 0 Å². The fourth-order valence-electron chi connectivity index (χ4n) is 1.80. The summed E-state index contributed by atoms with van der Waals surface area (Å²) in [5, 5.41) is 1.04. The summed E-state index contributed by atoms with van der Waals surface area (Å²) in [6.45, 7) is 2.41. The van der Waals surface area contributed by atoms with E-state index in [9.17, 15) is 4.79 Å². The zero-order valence-electron chi connectivity index (χ0n) is 11.0. The normalized spacial score (nSPS) is 10.3. The van der Waals surface area contributed by atoms with Crippen LogP contribution < -0.4 is 4.74 Å². The van der Waals surface area contributed by atoms with E-state index in [0.717, 1.165) is 16.9 Å². The van der Waals surface area contributed by atoms with Crippen molar-refractivity contribution in [2.45, 2.75) is 13.5 Å². The molecule has 0 N–H and O–H groups in total. The molecule has 2 rings (SSSR count). The molecule has 20 heavy (non-hydrogen) atoms. The van der Waals surface area contributed by atoms with Crippen LogP contribution in [0.5, 0.6) is 5.75 Å². The van der Waals surface area contributed by atoms with Gasteiger partial charge in [0.05, 0.1) is 5.33 Å². The maximum absolute atomic E-state index is 11.6. The lowest BCUT2D eigenvalue weighted by molar-refractivity contribution is 0.102. The van der Waals surface area contributed by atoms with Crippen molar-refractivity contribution >= 4 is 33.3 Å². The quantitative estimate of drug-likeness (QED) is 0.570. The standard InChI is InChI=1S/C16H14BrClO2/c1-11-8-13(15(19)9-17)4-7-16(11)20-10-12-2-5-14(18)6-3-12/h2-8H,9-10H2,1H3. The molecule has 0 aromatic heterocycles. The molecule has 2 aromatic rings. The van der Waals surface area contributed by atoms with Gasteiger partial charge in [-0.05, 0) is 48.4 Å². The zero-order valence-corrected chi connectivity index (χ0v) is 13.4. The second-order valence-corrected chi connectivity index (χ2v) is 5.45. The molecule has 104 valence electrons. The molecule has 0 unspecified atom stereocenters. The Morgan fingerprint density at radius 1 is 1.20 bits per heavy atom. The van der Waals surface area contributed by atoms with Crippen LogP contribution in [0.4, 0.5) is 0 Å². The second-order valence-electron chi connectivity index (χ2n) is 4.45. The van der Waals surface area contributed by atoms with Gasteiger partial charge in [0, 0.05) is 10.6 Å². The molecule has 0 radical (unpaired) electrons. The van der Waals surface area contributed by atoms with Gasteiger partial charge in [0.2, 0.25) is 0 Å². The fourth-order valence-corrected chi connectivity index (χ4v) is 2.25. The molecular formula is C16H14BrClO2. The molecule has 0 heterocycles. The van der Waals surface area contributed by atoms with Gasteiger partial charge in [-0.25, -0.2) is 0 Å². The molecule has 0 aliphatic heterocycles. The van der Waals surface area contributed by atoms with Crippen LogP contribution in [0.3, 0.4) is 0 Å². The Bertz CT molecular complexity index is 608. The van der Waals surface area contributed by atoms with Gasteiger partial charge >= 0.3 is 0 Å². The largest absolute Gasteiger partial charge is 0.489 e. The van der Waals surface area contributed by atoms with Gasteiger partial charge in [-0.3, -0.25) is 4.79 Å². The lowest BCUT2D eigenvalue weighted by Gasteiger charge is -2.10. The first kappa shape index (κ1) is 15.1. The summed E-state index contributed by atoms with van der Waals surface area (Å²) >= 11 is 9.01. The van der Waals surface area contributed by atoms with Gasteiger partial charge < -0.3 is 4.74 Å². The highest BCUT2D eigenvalue weighted by molar-refractivity contribution is 9.09. The van der Waals surface area contributed by atoms with E-state index in [2.05, 4.69) is 15.9 Å². The molecule has 0 bridgehead atoms. The second kappa shape index (κ2) is 6.91. The van der Waals surface area contributed by atoms with E-state index in [4.69, 9.17) is 16.3 Å². The summed E-state index contributed by atoms with van der Waals surface area (Å²) < 4.78 is 5.76. The van der Waals surface area contributed by atoms with E-state index < -0.39 is 0 Å². The first-order valence-electron chi connectivity index (χ1n) is 6.17. The predicted molar refractivity (Wildman–Crippen MR) is 85.1 cm³/mol. The average molecular weight is 354 g/mol. The molecule has 0 atom stereocenters. The Morgan fingerprint density at radius 3 is 2.50 bits per heavy atom. The van der Waals surface area contributed by atoms with Crippen molar-refractivity contribution in [3.05, 3.63) is 64.2 Å². The van der Waals surface area contributed by atoms with Crippen LogP contribution in [0.15, 0.2) is 42.5 Å². The zero-order chi connectivity index (χ0) is 14.5. The van der Waals surface area contributed by atoms with Gasteiger partial charge in [-0.15, -0.1) is 0 Å². The van der Waals surface area contributed by atoms with E-state index in [1.807, 2.05) is 43.3 Å². The van der Waals surface area contributed by atoms with Crippen LogP contribution in [-0.2, 0) is 6.61 Å². The first-order valence-corrected chi connectivity index (χ1v) is 7.67. The van der Waals surface area contributed by atoms with Crippen molar-refractivity contribution in [2.24, 2.45) is 0 Å². The molecule has 0 saturated heterocycles. The minimum Gasteiger partial charge on any atom is -0.489 e. The monoisotopic (exact) mass is 352 g/mol. The van der Waals surface area contributed by atoms with Gasteiger partial charge in [0.25, 0.3) is 0 Å². The molecule has 0 fully saturated rings. The van der Waals surface area contributed by atoms with Crippen molar-refractivity contribution in [1.82, 2.24) is 0 Å². The fraction of sp³-hybridized carbons (Fsp3) is 0.188. The number of ketones is 1. The molecule has 0 amide bonds. The van der Waals surface area contributed by atoms with E-state index in [0.29, 0.717) is 22.5 Å². The molecule has 2 nitrogen and oxygen atoms in total. The number of rotatable bonds is 5. The summed E-state index contributed by atoms with van der Waals surface area (Å²) in [6.07, 6.45) is 0. The number of halogens is 2. The topological polar surface area (TPSA) is 26.3 Å². The lowest BCUT2D eigenvalue weighted by Crippen LogP contribution is -2.02. The summed E-state index contributed by atoms with van der Waals surface area (Å²) in [7, 11) is 0. The summed E-state index contributed by atoms with van der Waals surface area (Å²) in [5.41, 5.74) is 2.69. The van der Waals surface area contributed by atoms with Crippen molar-refractivity contribution in [3.63, 3.8) is 0 Å². The number of ether oxygens (including phenoxy) is 1. The number of carbonyl (C=O) groups is 1. The summed E-state index contributed by atoms with van der Waals surface area (Å²) in [4.78, 5) is 11.6. The third-order valence-corrected chi connectivity index (χ3v) is 3.69. The Labute approximate surface area is 131 Å². The van der Waals surface area contributed by atoms with Crippen LogP contribution in [0, 0.1) is 6.92 Å². The summed E-state index contributed by atoms with van der Waals surface area (Å²) in [5.74, 6) is 0.850. The van der Waals surface area contributed by atoms with E-state index in [1.165, 1.54) is 0 Å². The number of carbonyl (C=O) groups excluding carboxylic acids is 1. The Kier molecular flexibility index (Phi) is 5.21. The van der Waals surface area contributed by atoms with Gasteiger partial charge in [-0.1, -0.05) is 39.7 Å². The molecule has 0 saturated carbocycles. The van der Waals surface area contributed by atoms with E-state index in [-0.39, 0.29) is 5.78 Å². The molecule has 2 aromatic carbocycles. The molecular weight excluding hydrogens is 340 g/mol. The third-order valence-electron chi connectivity index (χ3n) is 2.93. The first-order chi connectivity index (χ1) is 9.60. The molecule has 0 spiro atoms. The van der Waals surface area contributed by atoms with Gasteiger partial charge in [0.1, 0.15) is 12.4 Å². The van der Waals surface area contributed by atoms with Crippen LogP contribution in [0.1, 0.15) is 21.5 Å². The highest BCUT2D eigenvalue weighted by atomic mass is 79.9. The summed E-state index contributed by atoms with van der Waals surface area (Å²) in [6, 6.07) is 13.0. The minimum atomic E-state index is 0.0670. The average Bonchev–Trinajstić information content (AvgIpc) is 2.46. The lowest BCUT2D eigenvalue weighted by atomic mass is 10.1. The number of Topliss-reactive ketones (excluding diaryl/α,β-unsaturated/α-hetero) is 1. The smallest absolute Gasteiger partial charge is 0.173 e. The van der Waals surface area contributed by atoms with Crippen LogP contribution in [0.25, 0.3) is 0 Å². The molecule has 0 aliphatic rings. The predicted octanol–water partition coefficient (Wildman–Crippen LogP) is 4.81. The molecule has 4 heteroatoms. The maximum Gasteiger partial charge on any atom is 0.173 e. The molecule has 0 aliphatic carbocycles. The number of hydrogen-bond acceptors (Lipinski definition) is 2. The van der Waals surface area contributed by atoms with Crippen molar-refractivity contribution < 1.29 is 9.53 Å². The Balaban J connectivity index is 2.06. The number of alkyl halides is 1. The number of hydrogen-bond donors (Lipinski definition) is 0. The Morgan fingerprint density at radius 2 is 1.90 bits per heavy atom. The van der Waals surface area contributed by atoms with E-state index in [1.54, 1.807) is 6.07 Å². The number of aryl methyl sites for hydroxylation is 1. The van der Waals surface area contributed by atoms with Gasteiger partial charge in [0.15, 0.2) is 5.78 Å². The van der Waals surface area contributed by atoms with Crippen molar-refractivity contribution in [3.8, 4) is 5.75 Å². The highest BCUT2D eigenvalue weighted by Gasteiger charge is 2.07. The van der Waals surface area contributed by atoms with Crippen LogP contribution in [0.2, 0.25) is 5.02 Å². The van der Waals surface area contributed by atoms with Gasteiger partial charge in [-0.2, -0.15) is 0 Å². The maximum atomic E-state index is 11.6. The third kappa shape index (κ3) is 3.84. The van der Waals surface area contributed by atoms with Crippen LogP contribution >= 0.6 is 27.5 Å². The SMILES string of the molecule is Cc1cc(C(=O)CBr)ccc1OCc1ccc(Cl)cc1.